The summed E-state index contributed by atoms with van der Waals surface area (Å²) < 4.78 is 0. The molecule has 0 saturated carbocycles. The highest BCUT2D eigenvalue weighted by molar-refractivity contribution is 5.68. The molecule has 1 heteroatoms. The van der Waals surface area contributed by atoms with Crippen molar-refractivity contribution >= 4 is 11.4 Å². The number of aryl methyl sites for hydroxylation is 2. The van der Waals surface area contributed by atoms with E-state index in [0.717, 1.165) is 17.1 Å². The van der Waals surface area contributed by atoms with Gasteiger partial charge in [0.1, 0.15) is 0 Å². The van der Waals surface area contributed by atoms with Crippen LogP contribution in [0, 0.1) is 13.8 Å². The van der Waals surface area contributed by atoms with Gasteiger partial charge in [-0.1, -0.05) is 42.0 Å². The lowest BCUT2D eigenvalue weighted by molar-refractivity contribution is 1.16. The Bertz CT molecular complexity index is 489. The molecule has 1 nitrogen and oxygen atoms in total. The first-order valence-corrected chi connectivity index (χ1v) is 6.17. The zero-order valence-corrected chi connectivity index (χ0v) is 11.3. The fraction of sp³-hybridized carbons (Fsp3) is 0.176. The number of hydrogen-bond donors (Lipinski definition) is 0. The molecule has 0 aliphatic heterocycles. The largest absolute Gasteiger partial charge is 0.315 e. The highest BCUT2D eigenvalue weighted by atomic mass is 15.1. The van der Waals surface area contributed by atoms with E-state index in [-0.39, 0.29) is 0 Å². The topological polar surface area (TPSA) is 3.24 Å². The third-order valence-corrected chi connectivity index (χ3v) is 2.97. The normalized spacial score (nSPS) is 10.2. The molecule has 0 aliphatic rings. The number of hydrogen-bond acceptors (Lipinski definition) is 1. The second kappa shape index (κ2) is 5.09. The van der Waals surface area contributed by atoms with Crippen molar-refractivity contribution in [3.05, 3.63) is 71.9 Å². The maximum absolute atomic E-state index is 4.08. The van der Waals surface area contributed by atoms with Crippen LogP contribution in [0.4, 0.5) is 11.4 Å². The van der Waals surface area contributed by atoms with Crippen molar-refractivity contribution in [1.29, 1.82) is 0 Å². The van der Waals surface area contributed by atoms with E-state index in [4.69, 9.17) is 0 Å². The van der Waals surface area contributed by atoms with Gasteiger partial charge in [-0.25, -0.2) is 0 Å². The Morgan fingerprint density at radius 3 is 1.39 bits per heavy atom. The molecule has 2 aromatic carbocycles. The van der Waals surface area contributed by atoms with E-state index in [1.165, 1.54) is 11.1 Å². The fourth-order valence-electron chi connectivity index (χ4n) is 1.98. The van der Waals surface area contributed by atoms with Crippen LogP contribution in [0.1, 0.15) is 18.1 Å². The summed E-state index contributed by atoms with van der Waals surface area (Å²) >= 11 is 0. The molecule has 0 atom stereocenters. The molecular weight excluding hydrogens is 218 g/mol. The van der Waals surface area contributed by atoms with E-state index in [1.807, 2.05) is 6.92 Å². The monoisotopic (exact) mass is 237 g/mol. The van der Waals surface area contributed by atoms with E-state index in [1.54, 1.807) is 0 Å². The second-order valence-corrected chi connectivity index (χ2v) is 4.74. The van der Waals surface area contributed by atoms with Crippen LogP contribution in [-0.2, 0) is 0 Å². The van der Waals surface area contributed by atoms with Crippen molar-refractivity contribution in [1.82, 2.24) is 0 Å². The number of nitrogens with zero attached hydrogens (tertiary/aromatic N) is 1. The van der Waals surface area contributed by atoms with E-state index >= 15 is 0 Å². The van der Waals surface area contributed by atoms with Crippen molar-refractivity contribution in [2.45, 2.75) is 20.8 Å². The smallest absolute Gasteiger partial charge is 0.0458 e. The highest BCUT2D eigenvalue weighted by Gasteiger charge is 2.09. The predicted molar refractivity (Wildman–Crippen MR) is 79.3 cm³/mol. The van der Waals surface area contributed by atoms with E-state index in [0.29, 0.717) is 0 Å². The van der Waals surface area contributed by atoms with Gasteiger partial charge in [-0.2, -0.15) is 0 Å². The molecule has 18 heavy (non-hydrogen) atoms. The summed E-state index contributed by atoms with van der Waals surface area (Å²) in [4.78, 5) is 2.17. The van der Waals surface area contributed by atoms with Gasteiger partial charge in [0.15, 0.2) is 0 Å². The van der Waals surface area contributed by atoms with Crippen LogP contribution in [0.2, 0.25) is 0 Å². The summed E-state index contributed by atoms with van der Waals surface area (Å²) in [7, 11) is 0. The molecule has 0 aliphatic carbocycles. The van der Waals surface area contributed by atoms with Crippen LogP contribution < -0.4 is 4.90 Å². The maximum atomic E-state index is 4.08. The molecular formula is C17H19N. The lowest BCUT2D eigenvalue weighted by atomic mass is 10.1. The van der Waals surface area contributed by atoms with E-state index < -0.39 is 0 Å². The van der Waals surface area contributed by atoms with Crippen LogP contribution in [-0.4, -0.2) is 0 Å². The Morgan fingerprint density at radius 1 is 0.778 bits per heavy atom. The van der Waals surface area contributed by atoms with Crippen molar-refractivity contribution in [2.24, 2.45) is 0 Å². The van der Waals surface area contributed by atoms with Gasteiger partial charge in [-0.05, 0) is 45.0 Å². The molecule has 0 spiro atoms. The molecule has 92 valence electrons. The van der Waals surface area contributed by atoms with E-state index in [9.17, 15) is 0 Å². The van der Waals surface area contributed by atoms with Gasteiger partial charge in [0, 0.05) is 17.1 Å². The number of rotatable bonds is 3. The molecule has 0 aromatic heterocycles. The lowest BCUT2D eigenvalue weighted by Crippen LogP contribution is -2.13. The SMILES string of the molecule is C=C(C)N(c1ccc(C)cc1)c1ccc(C)cc1. The van der Waals surface area contributed by atoms with Gasteiger partial charge in [0.2, 0.25) is 0 Å². The fourth-order valence-corrected chi connectivity index (χ4v) is 1.98. The summed E-state index contributed by atoms with van der Waals surface area (Å²) in [6, 6.07) is 17.0. The minimum Gasteiger partial charge on any atom is -0.315 e. The highest BCUT2D eigenvalue weighted by Crippen LogP contribution is 2.29. The first-order chi connectivity index (χ1) is 8.58. The summed E-state index contributed by atoms with van der Waals surface area (Å²) in [6.07, 6.45) is 0. The minimum atomic E-state index is 1.02. The minimum absolute atomic E-state index is 1.02. The van der Waals surface area contributed by atoms with Gasteiger partial charge in [0.05, 0.1) is 0 Å². The average Bonchev–Trinajstić information content (AvgIpc) is 2.34. The maximum Gasteiger partial charge on any atom is 0.0458 e. The van der Waals surface area contributed by atoms with Crippen LogP contribution in [0.5, 0.6) is 0 Å². The number of benzene rings is 2. The Hall–Kier alpha value is -2.02. The van der Waals surface area contributed by atoms with Crippen molar-refractivity contribution in [3.8, 4) is 0 Å². The number of anilines is 2. The van der Waals surface area contributed by atoms with Gasteiger partial charge in [-0.3, -0.25) is 0 Å². The zero-order valence-electron chi connectivity index (χ0n) is 11.3. The van der Waals surface area contributed by atoms with Crippen LogP contribution in [0.15, 0.2) is 60.8 Å². The molecule has 0 fully saturated rings. The van der Waals surface area contributed by atoms with Gasteiger partial charge in [-0.15, -0.1) is 0 Å². The Balaban J connectivity index is 2.43. The Kier molecular flexibility index (Phi) is 3.52. The molecule has 0 N–H and O–H groups in total. The van der Waals surface area contributed by atoms with E-state index in [2.05, 4.69) is 73.9 Å². The molecule has 0 heterocycles. The quantitative estimate of drug-likeness (QED) is 0.728. The first-order valence-electron chi connectivity index (χ1n) is 6.17. The molecule has 0 radical (unpaired) electrons. The molecule has 0 saturated heterocycles. The third-order valence-electron chi connectivity index (χ3n) is 2.97. The first kappa shape index (κ1) is 12.4. The summed E-state index contributed by atoms with van der Waals surface area (Å²) in [6.45, 7) is 10.3. The standard InChI is InChI=1S/C17H19N/c1-13(2)18(16-9-5-14(3)6-10-16)17-11-7-15(4)8-12-17/h5-12H,1H2,2-4H3. The summed E-state index contributed by atoms with van der Waals surface area (Å²) in [5.41, 5.74) is 5.85. The van der Waals surface area contributed by atoms with Gasteiger partial charge < -0.3 is 4.90 Å². The number of allylic oxidation sites excluding steroid dienone is 1. The Labute approximate surface area is 109 Å². The molecule has 0 amide bonds. The van der Waals surface area contributed by atoms with Crippen LogP contribution in [0.3, 0.4) is 0 Å². The third kappa shape index (κ3) is 2.62. The van der Waals surface area contributed by atoms with Crippen molar-refractivity contribution < 1.29 is 0 Å². The molecule has 0 unspecified atom stereocenters. The lowest BCUT2D eigenvalue weighted by Gasteiger charge is -2.25. The van der Waals surface area contributed by atoms with Gasteiger partial charge in [0.25, 0.3) is 0 Å². The molecule has 0 bridgehead atoms. The van der Waals surface area contributed by atoms with Gasteiger partial charge >= 0.3 is 0 Å². The predicted octanol–water partition coefficient (Wildman–Crippen LogP) is 4.98. The average molecular weight is 237 g/mol. The zero-order chi connectivity index (χ0) is 13.1. The van der Waals surface area contributed by atoms with Crippen LogP contribution in [0.25, 0.3) is 0 Å². The summed E-state index contributed by atoms with van der Waals surface area (Å²) in [5.74, 6) is 0. The van der Waals surface area contributed by atoms with Crippen LogP contribution >= 0.6 is 0 Å². The van der Waals surface area contributed by atoms with Crippen molar-refractivity contribution in [2.75, 3.05) is 4.90 Å². The summed E-state index contributed by atoms with van der Waals surface area (Å²) in [5, 5.41) is 0. The molecule has 2 rings (SSSR count). The van der Waals surface area contributed by atoms with Crippen molar-refractivity contribution in [3.63, 3.8) is 0 Å². The second-order valence-electron chi connectivity index (χ2n) is 4.74. The molecule has 2 aromatic rings. The Morgan fingerprint density at radius 2 is 1.11 bits per heavy atom.